The summed E-state index contributed by atoms with van der Waals surface area (Å²) in [5, 5.41) is 3.11. The summed E-state index contributed by atoms with van der Waals surface area (Å²) in [5.41, 5.74) is 1.48. The molecule has 1 saturated heterocycles. The second kappa shape index (κ2) is 8.75. The van der Waals surface area contributed by atoms with Crippen molar-refractivity contribution in [2.75, 3.05) is 33.4 Å². The molecule has 160 valence electrons. The van der Waals surface area contributed by atoms with Gasteiger partial charge in [0.25, 0.3) is 5.91 Å². The van der Waals surface area contributed by atoms with Crippen molar-refractivity contribution in [3.8, 4) is 5.75 Å². The van der Waals surface area contributed by atoms with Gasteiger partial charge in [-0.1, -0.05) is 12.1 Å². The summed E-state index contributed by atoms with van der Waals surface area (Å²) in [5.74, 6) is 0.984. The van der Waals surface area contributed by atoms with Crippen molar-refractivity contribution in [1.82, 2.24) is 9.62 Å². The molecule has 1 amide bonds. The van der Waals surface area contributed by atoms with E-state index in [0.29, 0.717) is 37.8 Å². The van der Waals surface area contributed by atoms with E-state index < -0.39 is 10.0 Å². The number of benzene rings is 2. The predicted molar refractivity (Wildman–Crippen MR) is 112 cm³/mol. The van der Waals surface area contributed by atoms with Gasteiger partial charge < -0.3 is 14.8 Å². The van der Waals surface area contributed by atoms with E-state index in [2.05, 4.69) is 5.32 Å². The lowest BCUT2D eigenvalue weighted by molar-refractivity contribution is 0.0730. The zero-order valence-corrected chi connectivity index (χ0v) is 17.7. The van der Waals surface area contributed by atoms with E-state index in [1.54, 1.807) is 19.2 Å². The highest BCUT2D eigenvalue weighted by molar-refractivity contribution is 7.89. The van der Waals surface area contributed by atoms with E-state index in [4.69, 9.17) is 9.47 Å². The smallest absolute Gasteiger partial charge is 0.251 e. The Morgan fingerprint density at radius 1 is 1.07 bits per heavy atom. The van der Waals surface area contributed by atoms with Crippen molar-refractivity contribution in [2.24, 2.45) is 5.92 Å². The number of nitrogens with one attached hydrogen (secondary N) is 1. The molecule has 30 heavy (non-hydrogen) atoms. The number of ether oxygens (including phenoxy) is 2. The summed E-state index contributed by atoms with van der Waals surface area (Å²) >= 11 is 0. The number of carbonyl (C=O) groups is 1. The molecule has 2 fully saturated rings. The summed E-state index contributed by atoms with van der Waals surface area (Å²) < 4.78 is 37.3. The minimum atomic E-state index is -3.57. The van der Waals surface area contributed by atoms with Crippen molar-refractivity contribution in [3.63, 3.8) is 0 Å². The van der Waals surface area contributed by atoms with E-state index in [-0.39, 0.29) is 16.8 Å². The average Bonchev–Trinajstić information content (AvgIpc) is 3.63. The van der Waals surface area contributed by atoms with Gasteiger partial charge in [-0.3, -0.25) is 4.79 Å². The van der Waals surface area contributed by atoms with E-state index >= 15 is 0 Å². The van der Waals surface area contributed by atoms with Gasteiger partial charge in [0.2, 0.25) is 10.0 Å². The lowest BCUT2D eigenvalue weighted by Crippen LogP contribution is -2.40. The van der Waals surface area contributed by atoms with Crippen molar-refractivity contribution in [3.05, 3.63) is 59.7 Å². The van der Waals surface area contributed by atoms with Gasteiger partial charge in [0.05, 0.1) is 31.3 Å². The third kappa shape index (κ3) is 4.50. The minimum Gasteiger partial charge on any atom is -0.497 e. The fourth-order valence-electron chi connectivity index (χ4n) is 3.65. The van der Waals surface area contributed by atoms with Crippen molar-refractivity contribution < 1.29 is 22.7 Å². The van der Waals surface area contributed by atoms with Gasteiger partial charge in [0.1, 0.15) is 5.75 Å². The van der Waals surface area contributed by atoms with Crippen LogP contribution >= 0.6 is 0 Å². The van der Waals surface area contributed by atoms with Gasteiger partial charge in [-0.05, 0) is 60.7 Å². The van der Waals surface area contributed by atoms with Crippen LogP contribution in [0, 0.1) is 5.92 Å². The standard InChI is InChI=1S/C22H26N2O5S/c1-28-19-8-4-17(5-9-19)21(16-2-3-16)23-22(25)18-6-10-20(11-7-18)30(26,27)24-12-14-29-15-13-24/h4-11,16,21H,2-3,12-15H2,1H3,(H,23,25). The molecule has 1 aliphatic carbocycles. The molecule has 2 aromatic carbocycles. The summed E-state index contributed by atoms with van der Waals surface area (Å²) in [6.07, 6.45) is 2.15. The second-order valence-electron chi connectivity index (χ2n) is 7.60. The average molecular weight is 431 g/mol. The van der Waals surface area contributed by atoms with E-state index in [0.717, 1.165) is 24.2 Å². The highest BCUT2D eigenvalue weighted by Crippen LogP contribution is 2.41. The number of amides is 1. The van der Waals surface area contributed by atoms with Crippen LogP contribution in [0.25, 0.3) is 0 Å². The van der Waals surface area contributed by atoms with Gasteiger partial charge in [0, 0.05) is 18.7 Å². The Kier molecular flexibility index (Phi) is 6.08. The molecule has 0 radical (unpaired) electrons. The number of carbonyl (C=O) groups excluding carboxylic acids is 1. The Morgan fingerprint density at radius 3 is 2.27 bits per heavy atom. The maximum Gasteiger partial charge on any atom is 0.251 e. The fourth-order valence-corrected chi connectivity index (χ4v) is 5.06. The summed E-state index contributed by atoms with van der Waals surface area (Å²) in [6.45, 7) is 1.48. The molecule has 7 nitrogen and oxygen atoms in total. The van der Waals surface area contributed by atoms with Gasteiger partial charge in [-0.15, -0.1) is 0 Å². The van der Waals surface area contributed by atoms with Crippen LogP contribution in [-0.4, -0.2) is 52.0 Å². The number of morpholine rings is 1. The monoisotopic (exact) mass is 430 g/mol. The van der Waals surface area contributed by atoms with Crippen LogP contribution in [0.15, 0.2) is 53.4 Å². The van der Waals surface area contributed by atoms with Crippen LogP contribution in [0.5, 0.6) is 5.75 Å². The zero-order valence-electron chi connectivity index (χ0n) is 16.9. The van der Waals surface area contributed by atoms with Crippen LogP contribution in [0.1, 0.15) is 34.8 Å². The highest BCUT2D eigenvalue weighted by Gasteiger charge is 2.34. The Bertz CT molecular complexity index is 979. The molecule has 8 heteroatoms. The van der Waals surface area contributed by atoms with Gasteiger partial charge >= 0.3 is 0 Å². The summed E-state index contributed by atoms with van der Waals surface area (Å²) in [6, 6.07) is 13.8. The molecule has 0 bridgehead atoms. The third-order valence-corrected chi connectivity index (χ3v) is 7.49. The first kappa shape index (κ1) is 20.8. The van der Waals surface area contributed by atoms with Gasteiger partial charge in [-0.2, -0.15) is 4.31 Å². The lowest BCUT2D eigenvalue weighted by Gasteiger charge is -2.26. The van der Waals surface area contributed by atoms with Crippen molar-refractivity contribution in [2.45, 2.75) is 23.8 Å². The Hall–Kier alpha value is -2.42. The molecule has 1 heterocycles. The molecule has 2 aromatic rings. The molecule has 1 N–H and O–H groups in total. The van der Waals surface area contributed by atoms with Crippen LogP contribution < -0.4 is 10.1 Å². The van der Waals surface area contributed by atoms with E-state index in [1.165, 1.54) is 16.4 Å². The van der Waals surface area contributed by atoms with Crippen LogP contribution in [0.4, 0.5) is 0 Å². The maximum absolute atomic E-state index is 12.8. The Balaban J connectivity index is 1.47. The zero-order chi connectivity index (χ0) is 21.1. The number of rotatable bonds is 7. The normalized spacial score (nSPS) is 18.6. The Morgan fingerprint density at radius 2 is 1.70 bits per heavy atom. The number of methoxy groups -OCH3 is 1. The fraction of sp³-hybridized carbons (Fsp3) is 0.409. The molecular formula is C22H26N2O5S. The Labute approximate surface area is 177 Å². The number of hydrogen-bond donors (Lipinski definition) is 1. The first-order valence-electron chi connectivity index (χ1n) is 10.1. The molecule has 1 unspecified atom stereocenters. The van der Waals surface area contributed by atoms with Crippen LogP contribution in [-0.2, 0) is 14.8 Å². The highest BCUT2D eigenvalue weighted by atomic mass is 32.2. The number of nitrogens with zero attached hydrogens (tertiary/aromatic N) is 1. The quantitative estimate of drug-likeness (QED) is 0.730. The molecule has 1 atom stereocenters. The minimum absolute atomic E-state index is 0.0693. The van der Waals surface area contributed by atoms with Gasteiger partial charge in [0.15, 0.2) is 0 Å². The molecule has 2 aliphatic rings. The molecule has 4 rings (SSSR count). The second-order valence-corrected chi connectivity index (χ2v) is 9.54. The number of sulfonamides is 1. The number of hydrogen-bond acceptors (Lipinski definition) is 5. The molecular weight excluding hydrogens is 404 g/mol. The molecule has 1 saturated carbocycles. The topological polar surface area (TPSA) is 84.9 Å². The predicted octanol–water partition coefficient (Wildman–Crippen LogP) is 2.60. The summed E-state index contributed by atoms with van der Waals surface area (Å²) in [7, 11) is -1.95. The maximum atomic E-state index is 12.8. The van der Waals surface area contributed by atoms with E-state index in [9.17, 15) is 13.2 Å². The van der Waals surface area contributed by atoms with Crippen molar-refractivity contribution in [1.29, 1.82) is 0 Å². The SMILES string of the molecule is COc1ccc(C(NC(=O)c2ccc(S(=O)(=O)N3CCOCC3)cc2)C2CC2)cc1. The van der Waals surface area contributed by atoms with Crippen molar-refractivity contribution >= 4 is 15.9 Å². The van der Waals surface area contributed by atoms with E-state index in [1.807, 2.05) is 24.3 Å². The molecule has 1 aliphatic heterocycles. The lowest BCUT2D eigenvalue weighted by atomic mass is 10.0. The molecule has 0 spiro atoms. The first-order valence-corrected chi connectivity index (χ1v) is 11.6. The van der Waals surface area contributed by atoms with Crippen LogP contribution in [0.2, 0.25) is 0 Å². The largest absolute Gasteiger partial charge is 0.497 e. The van der Waals surface area contributed by atoms with Gasteiger partial charge in [-0.25, -0.2) is 8.42 Å². The van der Waals surface area contributed by atoms with Crippen LogP contribution in [0.3, 0.4) is 0 Å². The molecule has 0 aromatic heterocycles. The summed E-state index contributed by atoms with van der Waals surface area (Å²) in [4.78, 5) is 13.0. The first-order chi connectivity index (χ1) is 14.5. The third-order valence-electron chi connectivity index (χ3n) is 5.58.